The zero-order valence-corrected chi connectivity index (χ0v) is 12.3. The van der Waals surface area contributed by atoms with Crippen LogP contribution in [0.15, 0.2) is 29.4 Å². The topological polar surface area (TPSA) is 101 Å². The number of hydrogen-bond donors (Lipinski definition) is 2. The molecule has 0 atom stereocenters. The number of aliphatic hydroxyl groups is 1. The molecule has 1 fully saturated rings. The quantitative estimate of drug-likeness (QED) is 0.849. The molecule has 1 saturated heterocycles. The van der Waals surface area contributed by atoms with Crippen LogP contribution in [-0.2, 0) is 10.0 Å². The molecule has 0 amide bonds. The summed E-state index contributed by atoms with van der Waals surface area (Å²) in [6, 6.07) is 5.24. The number of aromatic nitrogens is 2. The van der Waals surface area contributed by atoms with Gasteiger partial charge >= 0.3 is 0 Å². The predicted octanol–water partition coefficient (Wildman–Crippen LogP) is 0.309. The molecule has 3 heterocycles. The molecule has 0 aromatic carbocycles. The monoisotopic (exact) mass is 310 g/mol. The van der Waals surface area contributed by atoms with Crippen LogP contribution < -0.4 is 5.73 Å². The van der Waals surface area contributed by atoms with Gasteiger partial charge in [-0.05, 0) is 30.9 Å². The van der Waals surface area contributed by atoms with E-state index in [9.17, 15) is 8.42 Å². The predicted molar refractivity (Wildman–Crippen MR) is 78.2 cm³/mol. The van der Waals surface area contributed by atoms with Crippen LogP contribution in [0.25, 0.3) is 5.65 Å². The summed E-state index contributed by atoms with van der Waals surface area (Å²) < 4.78 is 28.5. The summed E-state index contributed by atoms with van der Waals surface area (Å²) in [7, 11) is -3.68. The molecule has 2 aromatic rings. The van der Waals surface area contributed by atoms with E-state index in [0.29, 0.717) is 31.6 Å². The average molecular weight is 310 g/mol. The normalized spacial score (nSPS) is 18.3. The van der Waals surface area contributed by atoms with Crippen LogP contribution in [0.5, 0.6) is 0 Å². The molecule has 1 aliphatic heterocycles. The SMILES string of the molecule is Nc1nc2ccccn2c1S(=O)(=O)N1CCC(CO)CC1. The molecule has 8 heteroatoms. The van der Waals surface area contributed by atoms with Gasteiger partial charge in [0.25, 0.3) is 10.0 Å². The summed E-state index contributed by atoms with van der Waals surface area (Å²) >= 11 is 0. The minimum absolute atomic E-state index is 0.0190. The maximum absolute atomic E-state index is 12.8. The second kappa shape index (κ2) is 5.28. The van der Waals surface area contributed by atoms with Crippen molar-refractivity contribution in [2.75, 3.05) is 25.4 Å². The van der Waals surface area contributed by atoms with Crippen LogP contribution in [-0.4, -0.2) is 46.9 Å². The van der Waals surface area contributed by atoms with Gasteiger partial charge in [0.1, 0.15) is 5.65 Å². The zero-order valence-electron chi connectivity index (χ0n) is 11.5. The lowest BCUT2D eigenvalue weighted by Gasteiger charge is -2.30. The molecule has 0 bridgehead atoms. The third-order valence-corrected chi connectivity index (χ3v) is 5.87. The maximum atomic E-state index is 12.8. The molecule has 1 aliphatic rings. The van der Waals surface area contributed by atoms with Crippen molar-refractivity contribution >= 4 is 21.5 Å². The van der Waals surface area contributed by atoms with Crippen molar-refractivity contribution in [3.63, 3.8) is 0 Å². The van der Waals surface area contributed by atoms with Gasteiger partial charge in [-0.2, -0.15) is 4.31 Å². The Morgan fingerprint density at radius 1 is 1.33 bits per heavy atom. The molecule has 0 radical (unpaired) electrons. The standard InChI is InChI=1S/C13H18N4O3S/c14-12-13(17-6-2-1-3-11(17)15-12)21(19,20)16-7-4-10(9-18)5-8-16/h1-3,6,10,18H,4-5,7-9,14H2. The van der Waals surface area contributed by atoms with Crippen molar-refractivity contribution in [1.29, 1.82) is 0 Å². The Kier molecular flexibility index (Phi) is 3.60. The summed E-state index contributed by atoms with van der Waals surface area (Å²) in [5, 5.41) is 9.18. The lowest BCUT2D eigenvalue weighted by Crippen LogP contribution is -2.39. The molecule has 3 N–H and O–H groups in total. The van der Waals surface area contributed by atoms with Gasteiger partial charge in [-0.25, -0.2) is 13.4 Å². The van der Waals surface area contributed by atoms with Crippen LogP contribution in [0.3, 0.4) is 0 Å². The van der Waals surface area contributed by atoms with Gasteiger partial charge in [0.15, 0.2) is 10.8 Å². The van der Waals surface area contributed by atoms with Crippen molar-refractivity contribution in [3.8, 4) is 0 Å². The molecule has 114 valence electrons. The van der Waals surface area contributed by atoms with Gasteiger partial charge in [0, 0.05) is 25.9 Å². The lowest BCUT2D eigenvalue weighted by atomic mass is 10.00. The van der Waals surface area contributed by atoms with E-state index in [-0.39, 0.29) is 23.4 Å². The van der Waals surface area contributed by atoms with Gasteiger partial charge in [0.05, 0.1) is 0 Å². The Morgan fingerprint density at radius 3 is 2.71 bits per heavy atom. The largest absolute Gasteiger partial charge is 0.396 e. The van der Waals surface area contributed by atoms with Crippen LogP contribution in [0.1, 0.15) is 12.8 Å². The molecular formula is C13H18N4O3S. The Morgan fingerprint density at radius 2 is 2.05 bits per heavy atom. The number of hydrogen-bond acceptors (Lipinski definition) is 5. The maximum Gasteiger partial charge on any atom is 0.262 e. The van der Waals surface area contributed by atoms with Crippen LogP contribution >= 0.6 is 0 Å². The summed E-state index contributed by atoms with van der Waals surface area (Å²) in [5.41, 5.74) is 6.33. The summed E-state index contributed by atoms with van der Waals surface area (Å²) in [5.74, 6) is 0.196. The summed E-state index contributed by atoms with van der Waals surface area (Å²) in [6.45, 7) is 0.895. The van der Waals surface area contributed by atoms with Crippen molar-refractivity contribution < 1.29 is 13.5 Å². The minimum atomic E-state index is -3.68. The van der Waals surface area contributed by atoms with Crippen LogP contribution in [0.4, 0.5) is 5.82 Å². The number of fused-ring (bicyclic) bond motifs is 1. The highest BCUT2D eigenvalue weighted by Gasteiger charge is 2.33. The van der Waals surface area contributed by atoms with Crippen LogP contribution in [0.2, 0.25) is 0 Å². The lowest BCUT2D eigenvalue weighted by molar-refractivity contribution is 0.170. The van der Waals surface area contributed by atoms with Gasteiger partial charge in [-0.15, -0.1) is 0 Å². The Balaban J connectivity index is 1.99. The number of nitrogens with two attached hydrogens (primary N) is 1. The number of sulfonamides is 1. The van der Waals surface area contributed by atoms with Crippen molar-refractivity contribution in [1.82, 2.24) is 13.7 Å². The van der Waals surface area contributed by atoms with Gasteiger partial charge in [0.2, 0.25) is 0 Å². The fourth-order valence-corrected chi connectivity index (χ4v) is 4.35. The second-order valence-corrected chi connectivity index (χ2v) is 7.11. The van der Waals surface area contributed by atoms with Crippen molar-refractivity contribution in [3.05, 3.63) is 24.4 Å². The van der Waals surface area contributed by atoms with E-state index >= 15 is 0 Å². The number of nitrogen functional groups attached to an aromatic ring is 1. The van der Waals surface area contributed by atoms with E-state index in [0.717, 1.165) is 0 Å². The summed E-state index contributed by atoms with van der Waals surface area (Å²) in [4.78, 5) is 4.10. The smallest absolute Gasteiger partial charge is 0.262 e. The van der Waals surface area contributed by atoms with Gasteiger partial charge in [-0.1, -0.05) is 6.07 Å². The molecule has 2 aromatic heterocycles. The number of nitrogens with zero attached hydrogens (tertiary/aromatic N) is 3. The van der Waals surface area contributed by atoms with E-state index in [1.807, 2.05) is 0 Å². The fourth-order valence-electron chi connectivity index (χ4n) is 2.70. The average Bonchev–Trinajstić information content (AvgIpc) is 2.83. The third kappa shape index (κ3) is 2.39. The molecule has 21 heavy (non-hydrogen) atoms. The number of piperidine rings is 1. The Hall–Kier alpha value is -1.64. The first kappa shape index (κ1) is 14.3. The third-order valence-electron chi connectivity index (χ3n) is 3.93. The van der Waals surface area contributed by atoms with Crippen LogP contribution in [0, 0.1) is 5.92 Å². The molecule has 0 unspecified atom stereocenters. The van der Waals surface area contributed by atoms with E-state index in [2.05, 4.69) is 4.98 Å². The molecule has 3 rings (SSSR count). The zero-order chi connectivity index (χ0) is 15.0. The molecule has 7 nitrogen and oxygen atoms in total. The Bertz CT molecular complexity index is 748. The highest BCUT2D eigenvalue weighted by atomic mass is 32.2. The molecule has 0 spiro atoms. The number of aliphatic hydroxyl groups excluding tert-OH is 1. The molecule has 0 saturated carbocycles. The first-order valence-corrected chi connectivity index (χ1v) is 8.31. The highest BCUT2D eigenvalue weighted by Crippen LogP contribution is 2.27. The van der Waals surface area contributed by atoms with E-state index in [1.165, 1.54) is 8.71 Å². The van der Waals surface area contributed by atoms with Gasteiger partial charge in [-0.3, -0.25) is 4.40 Å². The Labute approximate surface area is 123 Å². The number of anilines is 1. The number of imidazole rings is 1. The summed E-state index contributed by atoms with van der Waals surface area (Å²) in [6.07, 6.45) is 2.96. The van der Waals surface area contributed by atoms with Gasteiger partial charge < -0.3 is 10.8 Å². The van der Waals surface area contributed by atoms with E-state index in [4.69, 9.17) is 10.8 Å². The van der Waals surface area contributed by atoms with E-state index < -0.39 is 10.0 Å². The van der Waals surface area contributed by atoms with E-state index in [1.54, 1.807) is 24.4 Å². The fraction of sp³-hybridized carbons (Fsp3) is 0.462. The highest BCUT2D eigenvalue weighted by molar-refractivity contribution is 7.89. The number of pyridine rings is 1. The second-order valence-electron chi connectivity index (χ2n) is 5.26. The van der Waals surface area contributed by atoms with Crippen molar-refractivity contribution in [2.45, 2.75) is 17.9 Å². The number of rotatable bonds is 3. The first-order valence-electron chi connectivity index (χ1n) is 6.87. The molecular weight excluding hydrogens is 292 g/mol. The molecule has 0 aliphatic carbocycles. The minimum Gasteiger partial charge on any atom is -0.396 e. The van der Waals surface area contributed by atoms with Crippen molar-refractivity contribution in [2.24, 2.45) is 5.92 Å². The first-order chi connectivity index (χ1) is 10.0.